The largest absolute Gasteiger partial charge is 0.401 e. The summed E-state index contributed by atoms with van der Waals surface area (Å²) in [6.45, 7) is 1.54. The summed E-state index contributed by atoms with van der Waals surface area (Å²) in [5.41, 5.74) is 7.29. The predicted molar refractivity (Wildman–Crippen MR) is 66.8 cm³/mol. The fourth-order valence-electron chi connectivity index (χ4n) is 2.19. The molecule has 2 N–H and O–H groups in total. The van der Waals surface area contributed by atoms with Gasteiger partial charge in [-0.25, -0.2) is 0 Å². The van der Waals surface area contributed by atoms with E-state index in [0.717, 1.165) is 11.4 Å². The Hall–Kier alpha value is -1.34. The van der Waals surface area contributed by atoms with Crippen LogP contribution in [0.5, 0.6) is 0 Å². The van der Waals surface area contributed by atoms with Gasteiger partial charge in [-0.3, -0.25) is 9.88 Å². The molecule has 0 unspecified atom stereocenters. The normalized spacial score (nSPS) is 17.8. The van der Waals surface area contributed by atoms with Gasteiger partial charge in [-0.1, -0.05) is 0 Å². The minimum atomic E-state index is -4.12. The molecular formula is C12H17F3N4. The van der Waals surface area contributed by atoms with E-state index in [4.69, 9.17) is 5.73 Å². The van der Waals surface area contributed by atoms with Gasteiger partial charge >= 0.3 is 6.18 Å². The van der Waals surface area contributed by atoms with Crippen molar-refractivity contribution in [2.45, 2.75) is 12.7 Å². The van der Waals surface area contributed by atoms with E-state index in [2.05, 4.69) is 9.88 Å². The van der Waals surface area contributed by atoms with E-state index in [1.807, 2.05) is 12.1 Å². The lowest BCUT2D eigenvalue weighted by molar-refractivity contribution is -0.146. The first-order valence-electron chi connectivity index (χ1n) is 6.17. The highest BCUT2D eigenvalue weighted by atomic mass is 19.4. The number of rotatable bonds is 3. The molecule has 0 atom stereocenters. The fourth-order valence-corrected chi connectivity index (χ4v) is 2.19. The Bertz CT molecular complexity index is 414. The summed E-state index contributed by atoms with van der Waals surface area (Å²) in [6.07, 6.45) is -2.44. The van der Waals surface area contributed by atoms with Crippen LogP contribution in [0.25, 0.3) is 0 Å². The topological polar surface area (TPSA) is 45.4 Å². The molecule has 0 aromatic carbocycles. The number of piperazine rings is 1. The first-order valence-corrected chi connectivity index (χ1v) is 6.17. The van der Waals surface area contributed by atoms with Crippen molar-refractivity contribution in [2.75, 3.05) is 37.6 Å². The van der Waals surface area contributed by atoms with Crippen LogP contribution < -0.4 is 10.6 Å². The summed E-state index contributed by atoms with van der Waals surface area (Å²) in [6, 6.07) is 3.75. The van der Waals surface area contributed by atoms with Gasteiger partial charge in [0.2, 0.25) is 0 Å². The molecule has 1 aliphatic heterocycles. The van der Waals surface area contributed by atoms with E-state index >= 15 is 0 Å². The van der Waals surface area contributed by atoms with E-state index < -0.39 is 12.7 Å². The number of alkyl halides is 3. The van der Waals surface area contributed by atoms with Gasteiger partial charge in [0, 0.05) is 44.6 Å². The standard InChI is InChI=1S/C12H17F3N4/c13-12(14,15)9-18-3-5-19(6-4-18)11-1-2-17-10(7-11)8-16/h1-2,7H,3-6,8-9,16H2. The van der Waals surface area contributed by atoms with Gasteiger partial charge in [0.1, 0.15) is 0 Å². The molecule has 0 bridgehead atoms. The van der Waals surface area contributed by atoms with Gasteiger partial charge in [-0.05, 0) is 12.1 Å². The van der Waals surface area contributed by atoms with Crippen LogP contribution >= 0.6 is 0 Å². The van der Waals surface area contributed by atoms with Crippen molar-refractivity contribution >= 4 is 5.69 Å². The van der Waals surface area contributed by atoms with E-state index in [-0.39, 0.29) is 0 Å². The third-order valence-corrected chi connectivity index (χ3v) is 3.15. The molecule has 4 nitrogen and oxygen atoms in total. The van der Waals surface area contributed by atoms with Crippen LogP contribution in [-0.2, 0) is 6.54 Å². The van der Waals surface area contributed by atoms with Crippen LogP contribution in [0.4, 0.5) is 18.9 Å². The number of halogens is 3. The lowest BCUT2D eigenvalue weighted by atomic mass is 10.2. The van der Waals surface area contributed by atoms with Crippen molar-refractivity contribution in [3.63, 3.8) is 0 Å². The minimum Gasteiger partial charge on any atom is -0.369 e. The van der Waals surface area contributed by atoms with Crippen molar-refractivity contribution in [2.24, 2.45) is 5.73 Å². The Balaban J connectivity index is 1.92. The second kappa shape index (κ2) is 5.75. The Morgan fingerprint density at radius 2 is 1.89 bits per heavy atom. The zero-order valence-electron chi connectivity index (χ0n) is 10.5. The molecule has 1 aliphatic rings. The molecular weight excluding hydrogens is 257 g/mol. The molecule has 7 heteroatoms. The predicted octanol–water partition coefficient (Wildman–Crippen LogP) is 1.22. The number of hydrogen-bond acceptors (Lipinski definition) is 4. The SMILES string of the molecule is NCc1cc(N2CCN(CC(F)(F)F)CC2)ccn1. The summed E-state index contributed by atoms with van der Waals surface area (Å²) in [5, 5.41) is 0. The molecule has 1 aromatic rings. The second-order valence-corrected chi connectivity index (χ2v) is 4.59. The molecule has 1 fully saturated rings. The Morgan fingerprint density at radius 3 is 2.47 bits per heavy atom. The van der Waals surface area contributed by atoms with Gasteiger partial charge in [-0.2, -0.15) is 13.2 Å². The van der Waals surface area contributed by atoms with Crippen LogP contribution in [0.15, 0.2) is 18.3 Å². The third-order valence-electron chi connectivity index (χ3n) is 3.15. The Morgan fingerprint density at radius 1 is 1.21 bits per heavy atom. The average molecular weight is 274 g/mol. The fraction of sp³-hybridized carbons (Fsp3) is 0.583. The van der Waals surface area contributed by atoms with Gasteiger partial charge < -0.3 is 10.6 Å². The summed E-state index contributed by atoms with van der Waals surface area (Å²) < 4.78 is 36.8. The summed E-state index contributed by atoms with van der Waals surface area (Å²) in [7, 11) is 0. The molecule has 106 valence electrons. The summed E-state index contributed by atoms with van der Waals surface area (Å²) in [5.74, 6) is 0. The maximum absolute atomic E-state index is 12.3. The van der Waals surface area contributed by atoms with E-state index in [1.165, 1.54) is 4.90 Å². The molecule has 1 aromatic heterocycles. The van der Waals surface area contributed by atoms with Crippen LogP contribution in [-0.4, -0.2) is 48.8 Å². The molecule has 0 aliphatic carbocycles. The zero-order chi connectivity index (χ0) is 13.9. The number of anilines is 1. The molecule has 0 radical (unpaired) electrons. The highest BCUT2D eigenvalue weighted by Crippen LogP contribution is 2.20. The highest BCUT2D eigenvalue weighted by Gasteiger charge is 2.32. The van der Waals surface area contributed by atoms with Crippen LogP contribution in [0.1, 0.15) is 5.69 Å². The average Bonchev–Trinajstić information content (AvgIpc) is 2.38. The van der Waals surface area contributed by atoms with Crippen molar-refractivity contribution in [3.8, 4) is 0 Å². The highest BCUT2D eigenvalue weighted by molar-refractivity contribution is 5.47. The molecule has 0 spiro atoms. The van der Waals surface area contributed by atoms with Crippen LogP contribution in [0, 0.1) is 0 Å². The quantitative estimate of drug-likeness (QED) is 0.900. The van der Waals surface area contributed by atoms with Crippen molar-refractivity contribution in [1.82, 2.24) is 9.88 Å². The summed E-state index contributed by atoms with van der Waals surface area (Å²) >= 11 is 0. The van der Waals surface area contributed by atoms with Crippen LogP contribution in [0.3, 0.4) is 0 Å². The molecule has 1 saturated heterocycles. The second-order valence-electron chi connectivity index (χ2n) is 4.59. The van der Waals surface area contributed by atoms with Gasteiger partial charge in [0.25, 0.3) is 0 Å². The molecule has 0 saturated carbocycles. The molecule has 2 heterocycles. The molecule has 2 rings (SSSR count). The van der Waals surface area contributed by atoms with E-state index in [0.29, 0.717) is 32.7 Å². The number of pyridine rings is 1. The molecule has 19 heavy (non-hydrogen) atoms. The van der Waals surface area contributed by atoms with Crippen molar-refractivity contribution in [3.05, 3.63) is 24.0 Å². The van der Waals surface area contributed by atoms with Gasteiger partial charge in [-0.15, -0.1) is 0 Å². The Labute approximate surface area is 110 Å². The minimum absolute atomic E-state index is 0.363. The summed E-state index contributed by atoms with van der Waals surface area (Å²) in [4.78, 5) is 7.60. The van der Waals surface area contributed by atoms with Gasteiger partial charge in [0.15, 0.2) is 0 Å². The lowest BCUT2D eigenvalue weighted by Crippen LogP contribution is -2.49. The first kappa shape index (κ1) is 14.1. The van der Waals surface area contributed by atoms with Crippen molar-refractivity contribution < 1.29 is 13.2 Å². The Kier molecular flexibility index (Phi) is 4.26. The monoisotopic (exact) mass is 274 g/mol. The number of nitrogens with zero attached hydrogens (tertiary/aromatic N) is 3. The maximum Gasteiger partial charge on any atom is 0.401 e. The smallest absolute Gasteiger partial charge is 0.369 e. The first-order chi connectivity index (χ1) is 8.98. The lowest BCUT2D eigenvalue weighted by Gasteiger charge is -2.36. The van der Waals surface area contributed by atoms with E-state index in [1.54, 1.807) is 6.20 Å². The van der Waals surface area contributed by atoms with Crippen molar-refractivity contribution in [1.29, 1.82) is 0 Å². The number of nitrogens with two attached hydrogens (primary N) is 1. The number of hydrogen-bond donors (Lipinski definition) is 1. The van der Waals surface area contributed by atoms with Gasteiger partial charge in [0.05, 0.1) is 12.2 Å². The number of aromatic nitrogens is 1. The van der Waals surface area contributed by atoms with Crippen LogP contribution in [0.2, 0.25) is 0 Å². The third kappa shape index (κ3) is 4.07. The van der Waals surface area contributed by atoms with E-state index in [9.17, 15) is 13.2 Å². The molecule has 0 amide bonds. The zero-order valence-corrected chi connectivity index (χ0v) is 10.5. The maximum atomic E-state index is 12.3.